The Labute approximate surface area is 133 Å². The summed E-state index contributed by atoms with van der Waals surface area (Å²) in [4.78, 5) is 12.2. The van der Waals surface area contributed by atoms with Crippen LogP contribution in [0.5, 0.6) is 5.75 Å². The van der Waals surface area contributed by atoms with Crippen LogP contribution in [0.4, 0.5) is 8.78 Å². The van der Waals surface area contributed by atoms with Crippen LogP contribution in [0.3, 0.4) is 0 Å². The highest BCUT2D eigenvalue weighted by Crippen LogP contribution is 2.18. The van der Waals surface area contributed by atoms with E-state index in [4.69, 9.17) is 4.74 Å². The Morgan fingerprint density at radius 3 is 2.57 bits per heavy atom. The molecule has 1 N–H and O–H groups in total. The highest BCUT2D eigenvalue weighted by molar-refractivity contribution is 5.81. The predicted octanol–water partition coefficient (Wildman–Crippen LogP) is 2.65. The molecule has 7 heteroatoms. The van der Waals surface area contributed by atoms with E-state index in [-0.39, 0.29) is 17.7 Å². The minimum absolute atomic E-state index is 0.0942. The Bertz CT molecular complexity index is 715. The van der Waals surface area contributed by atoms with Crippen molar-refractivity contribution in [1.29, 1.82) is 0 Å². The third-order valence-electron chi connectivity index (χ3n) is 3.67. The molecule has 1 amide bonds. The molecule has 0 unspecified atom stereocenters. The standard InChI is InChI=1S/C16H19F2N3O2/c1-9(13-8-19-21(4)10(13)2)20-16(22)11(3)23-12-5-6-14(17)15(18)7-12/h5-9,11H,1-4H3,(H,20,22)/t9-,11-/m0/s1. The third kappa shape index (κ3) is 3.85. The van der Waals surface area contributed by atoms with Crippen LogP contribution in [0.2, 0.25) is 0 Å². The average Bonchev–Trinajstić information content (AvgIpc) is 2.82. The van der Waals surface area contributed by atoms with E-state index in [1.807, 2.05) is 20.9 Å². The first-order valence-corrected chi connectivity index (χ1v) is 7.20. The zero-order chi connectivity index (χ0) is 17.1. The fourth-order valence-corrected chi connectivity index (χ4v) is 2.16. The number of hydrogen-bond donors (Lipinski definition) is 1. The van der Waals surface area contributed by atoms with Crippen LogP contribution in [0, 0.1) is 18.6 Å². The maximum absolute atomic E-state index is 13.1. The molecule has 2 atom stereocenters. The van der Waals surface area contributed by atoms with Gasteiger partial charge in [-0.2, -0.15) is 5.10 Å². The van der Waals surface area contributed by atoms with E-state index < -0.39 is 17.7 Å². The second kappa shape index (κ2) is 6.76. The molecular formula is C16H19F2N3O2. The first-order valence-electron chi connectivity index (χ1n) is 7.20. The molecule has 1 aromatic carbocycles. The smallest absolute Gasteiger partial charge is 0.261 e. The van der Waals surface area contributed by atoms with E-state index in [9.17, 15) is 13.6 Å². The van der Waals surface area contributed by atoms with Crippen LogP contribution in [-0.4, -0.2) is 21.8 Å². The number of aryl methyl sites for hydroxylation is 1. The lowest BCUT2D eigenvalue weighted by molar-refractivity contribution is -0.127. The Hall–Kier alpha value is -2.44. The normalized spacial score (nSPS) is 13.5. The van der Waals surface area contributed by atoms with Gasteiger partial charge in [-0.15, -0.1) is 0 Å². The van der Waals surface area contributed by atoms with Gasteiger partial charge in [0.2, 0.25) is 0 Å². The highest BCUT2D eigenvalue weighted by Gasteiger charge is 2.20. The molecule has 0 bridgehead atoms. The van der Waals surface area contributed by atoms with Crippen LogP contribution < -0.4 is 10.1 Å². The summed E-state index contributed by atoms with van der Waals surface area (Å²) in [7, 11) is 1.82. The number of hydrogen-bond acceptors (Lipinski definition) is 3. The van der Waals surface area contributed by atoms with Crippen molar-refractivity contribution >= 4 is 5.91 Å². The Morgan fingerprint density at radius 1 is 1.30 bits per heavy atom. The van der Waals surface area contributed by atoms with Gasteiger partial charge in [-0.05, 0) is 32.9 Å². The summed E-state index contributed by atoms with van der Waals surface area (Å²) in [6.45, 7) is 5.29. The van der Waals surface area contributed by atoms with Crippen molar-refractivity contribution in [3.05, 3.63) is 47.3 Å². The van der Waals surface area contributed by atoms with Gasteiger partial charge in [0.15, 0.2) is 17.7 Å². The lowest BCUT2D eigenvalue weighted by Gasteiger charge is -2.18. The molecule has 0 radical (unpaired) electrons. The number of ether oxygens (including phenoxy) is 1. The van der Waals surface area contributed by atoms with Gasteiger partial charge in [-0.1, -0.05) is 0 Å². The van der Waals surface area contributed by atoms with Crippen molar-refractivity contribution in [1.82, 2.24) is 15.1 Å². The van der Waals surface area contributed by atoms with Gasteiger partial charge in [0.05, 0.1) is 12.2 Å². The Kier molecular flexibility index (Phi) is 4.98. The molecule has 0 aliphatic heterocycles. The Morgan fingerprint density at radius 2 is 2.00 bits per heavy atom. The molecule has 1 heterocycles. The first-order chi connectivity index (χ1) is 10.8. The van der Waals surface area contributed by atoms with Gasteiger partial charge in [0.1, 0.15) is 5.75 Å². The predicted molar refractivity (Wildman–Crippen MR) is 81.0 cm³/mol. The SMILES string of the molecule is Cc1c([C@H](C)NC(=O)[C@H](C)Oc2ccc(F)c(F)c2)cnn1C. The second-order valence-electron chi connectivity index (χ2n) is 5.38. The van der Waals surface area contributed by atoms with Crippen molar-refractivity contribution in [2.24, 2.45) is 7.05 Å². The second-order valence-corrected chi connectivity index (χ2v) is 5.38. The van der Waals surface area contributed by atoms with Gasteiger partial charge in [-0.25, -0.2) is 8.78 Å². The molecule has 2 rings (SSSR count). The summed E-state index contributed by atoms with van der Waals surface area (Å²) in [6.07, 6.45) is 0.848. The molecule has 0 aliphatic rings. The monoisotopic (exact) mass is 323 g/mol. The minimum Gasteiger partial charge on any atom is -0.481 e. The minimum atomic E-state index is -1.02. The van der Waals surface area contributed by atoms with E-state index in [0.29, 0.717) is 0 Å². The molecule has 1 aromatic heterocycles. The molecule has 23 heavy (non-hydrogen) atoms. The Balaban J connectivity index is 1.99. The van der Waals surface area contributed by atoms with Crippen LogP contribution in [0.25, 0.3) is 0 Å². The van der Waals surface area contributed by atoms with Crippen LogP contribution in [-0.2, 0) is 11.8 Å². The molecule has 0 aliphatic carbocycles. The number of halogens is 2. The summed E-state index contributed by atoms with van der Waals surface area (Å²) >= 11 is 0. The third-order valence-corrected chi connectivity index (χ3v) is 3.67. The van der Waals surface area contributed by atoms with Crippen LogP contribution >= 0.6 is 0 Å². The topological polar surface area (TPSA) is 56.1 Å². The van der Waals surface area contributed by atoms with Gasteiger partial charge in [0.25, 0.3) is 5.91 Å². The van der Waals surface area contributed by atoms with Crippen LogP contribution in [0.15, 0.2) is 24.4 Å². The number of rotatable bonds is 5. The summed E-state index contributed by atoms with van der Waals surface area (Å²) in [5.74, 6) is -2.24. The quantitative estimate of drug-likeness (QED) is 0.920. The van der Waals surface area contributed by atoms with Gasteiger partial charge in [0, 0.05) is 24.4 Å². The maximum Gasteiger partial charge on any atom is 0.261 e. The van der Waals surface area contributed by atoms with Crippen molar-refractivity contribution in [3.63, 3.8) is 0 Å². The van der Waals surface area contributed by atoms with Crippen molar-refractivity contribution in [2.45, 2.75) is 32.9 Å². The molecule has 5 nitrogen and oxygen atoms in total. The first kappa shape index (κ1) is 16.9. The van der Waals surface area contributed by atoms with Gasteiger partial charge in [-0.3, -0.25) is 9.48 Å². The summed E-state index contributed by atoms with van der Waals surface area (Å²) in [5.41, 5.74) is 1.85. The molecule has 124 valence electrons. The summed E-state index contributed by atoms with van der Waals surface area (Å²) in [5, 5.41) is 6.94. The number of nitrogens with zero attached hydrogens (tertiary/aromatic N) is 2. The van der Waals surface area contributed by atoms with E-state index in [0.717, 1.165) is 23.4 Å². The maximum atomic E-state index is 13.1. The van der Waals surface area contributed by atoms with Crippen molar-refractivity contribution in [2.75, 3.05) is 0 Å². The van der Waals surface area contributed by atoms with Gasteiger partial charge >= 0.3 is 0 Å². The summed E-state index contributed by atoms with van der Waals surface area (Å²) < 4.78 is 33.1. The average molecular weight is 323 g/mol. The molecule has 0 spiro atoms. The highest BCUT2D eigenvalue weighted by atomic mass is 19.2. The fourth-order valence-electron chi connectivity index (χ4n) is 2.16. The number of aromatic nitrogens is 2. The number of carbonyl (C=O) groups excluding carboxylic acids is 1. The zero-order valence-electron chi connectivity index (χ0n) is 13.4. The molecule has 0 saturated heterocycles. The molecule has 2 aromatic rings. The summed E-state index contributed by atoms with van der Waals surface area (Å²) in [6, 6.07) is 2.90. The number of carbonyl (C=O) groups is 1. The zero-order valence-corrected chi connectivity index (χ0v) is 13.4. The number of benzene rings is 1. The molecular weight excluding hydrogens is 304 g/mol. The number of nitrogens with one attached hydrogen (secondary N) is 1. The van der Waals surface area contributed by atoms with Crippen molar-refractivity contribution < 1.29 is 18.3 Å². The van der Waals surface area contributed by atoms with E-state index in [1.165, 1.54) is 6.07 Å². The lowest BCUT2D eigenvalue weighted by atomic mass is 10.1. The van der Waals surface area contributed by atoms with E-state index >= 15 is 0 Å². The molecule has 0 saturated carbocycles. The largest absolute Gasteiger partial charge is 0.481 e. The van der Waals surface area contributed by atoms with Crippen molar-refractivity contribution in [3.8, 4) is 5.75 Å². The van der Waals surface area contributed by atoms with E-state index in [2.05, 4.69) is 10.4 Å². The fraction of sp³-hybridized carbons (Fsp3) is 0.375. The number of amides is 1. The van der Waals surface area contributed by atoms with E-state index in [1.54, 1.807) is 17.8 Å². The van der Waals surface area contributed by atoms with Crippen LogP contribution in [0.1, 0.15) is 31.1 Å². The molecule has 0 fully saturated rings. The van der Waals surface area contributed by atoms with Gasteiger partial charge < -0.3 is 10.1 Å². The lowest BCUT2D eigenvalue weighted by Crippen LogP contribution is -2.37.